The van der Waals surface area contributed by atoms with Gasteiger partial charge in [0, 0.05) is 65.0 Å². The second-order valence-electron chi connectivity index (χ2n) is 22.5. The Labute approximate surface area is 440 Å². The molecular formula is C57H79NO17. The number of fused-ring (bicyclic) bond motifs is 5. The first-order valence-electron chi connectivity index (χ1n) is 26.8. The highest BCUT2D eigenvalue weighted by Crippen LogP contribution is 2.71. The van der Waals surface area contributed by atoms with E-state index in [9.17, 15) is 30.0 Å². The van der Waals surface area contributed by atoms with Crippen LogP contribution in [0.25, 0.3) is 6.08 Å². The minimum Gasteiger partial charge on any atom is -0.458 e. The van der Waals surface area contributed by atoms with Crippen LogP contribution >= 0.6 is 0 Å². The molecule has 75 heavy (non-hydrogen) atoms. The Kier molecular flexibility index (Phi) is 16.6. The largest absolute Gasteiger partial charge is 0.458 e. The molecule has 6 fully saturated rings. The van der Waals surface area contributed by atoms with Gasteiger partial charge in [-0.3, -0.25) is 4.98 Å². The van der Waals surface area contributed by atoms with Crippen LogP contribution in [0.2, 0.25) is 0 Å². The first-order chi connectivity index (χ1) is 35.7. The molecule has 2 aromatic rings. The van der Waals surface area contributed by atoms with Crippen LogP contribution in [0.3, 0.4) is 0 Å². The zero-order chi connectivity index (χ0) is 53.7. The van der Waals surface area contributed by atoms with Gasteiger partial charge in [-0.2, -0.15) is 0 Å². The standard InChI is InChI=1S/C57H79NO17/c1-32-49(60)40(65-7)27-47(68-32)74-51-34(3)70-48(29-42(51)67-9)75-50-33(2)69-46(28-41(50)66-8)72-39-20-21-53(5)38(26-39)19-22-56(63)43(53)30-44(73-45(59)18-17-36-14-11-10-12-15-36)54(6)55(62,23-24-57(54,56)64)35(4)71-52(61)37-16-13-25-58-31-37/h10-19,25,31-35,39-44,46-51,60,62-64H,20-24,26-30H2,1-9H3/t32-,33+,34+,35-,39-,40+,41-,42-,43+,44+,46-,47-,48-,49-,50+,51+,53-,54+,55+,56-,57+/m0/s1. The number of carbonyl (C=O) groups excluding carboxylic acids is 2. The van der Waals surface area contributed by atoms with Gasteiger partial charge in [0.15, 0.2) is 18.9 Å². The summed E-state index contributed by atoms with van der Waals surface area (Å²) in [7, 11) is 4.84. The molecule has 0 unspecified atom stereocenters. The average Bonchev–Trinajstić information content (AvgIpc) is 3.79. The molecule has 9 rings (SSSR count). The Balaban J connectivity index is 0.881. The molecule has 3 saturated heterocycles. The fraction of sp³-hybridized carbons (Fsp3) is 0.702. The summed E-state index contributed by atoms with van der Waals surface area (Å²) >= 11 is 0. The molecule has 4 heterocycles. The summed E-state index contributed by atoms with van der Waals surface area (Å²) in [6, 6.07) is 12.5. The van der Waals surface area contributed by atoms with E-state index in [4.69, 9.17) is 52.1 Å². The summed E-state index contributed by atoms with van der Waals surface area (Å²) < 4.78 is 68.6. The summed E-state index contributed by atoms with van der Waals surface area (Å²) in [5.74, 6) is -1.99. The number of pyridine rings is 1. The summed E-state index contributed by atoms with van der Waals surface area (Å²) in [5, 5.41) is 50.1. The number of aliphatic hydroxyl groups is 4. The van der Waals surface area contributed by atoms with E-state index in [2.05, 4.69) is 11.9 Å². The summed E-state index contributed by atoms with van der Waals surface area (Å²) in [6.45, 7) is 11.0. The fourth-order valence-electron chi connectivity index (χ4n) is 14.2. The predicted molar refractivity (Wildman–Crippen MR) is 269 cm³/mol. The Morgan fingerprint density at radius 3 is 2.00 bits per heavy atom. The predicted octanol–water partition coefficient (Wildman–Crippen LogP) is 5.75. The van der Waals surface area contributed by atoms with Crippen molar-refractivity contribution >= 4 is 18.0 Å². The summed E-state index contributed by atoms with van der Waals surface area (Å²) in [6.07, 6.45) is 2.13. The Morgan fingerprint density at radius 2 is 1.39 bits per heavy atom. The van der Waals surface area contributed by atoms with Crippen molar-refractivity contribution in [2.45, 2.75) is 215 Å². The number of hydrogen-bond acceptors (Lipinski definition) is 18. The molecule has 3 aliphatic heterocycles. The lowest BCUT2D eigenvalue weighted by Crippen LogP contribution is -2.78. The molecule has 18 nitrogen and oxygen atoms in total. The SMILES string of the molecule is CO[C@H]1C[C@H](O[C@H]2CC[C@@]3(C)C(=CC[C@]4(O)[C@@H]3C[C@@H](OC(=O)C=Cc3ccccc3)[C@@]3(C)[C@]4(O)CC[C@@]3(O)[C@H](C)OC(=O)c3cccnc3)C2)O[C@H](C)[C@H]1O[C@H]1C[C@H](OC)[C@H](O[C@H]2C[C@@H](OC)[C@@H](O)[C@H](C)O2)[C@@H](C)O1. The zero-order valence-corrected chi connectivity index (χ0v) is 44.8. The van der Waals surface area contributed by atoms with Crippen molar-refractivity contribution in [3.8, 4) is 0 Å². The van der Waals surface area contributed by atoms with Gasteiger partial charge >= 0.3 is 11.9 Å². The van der Waals surface area contributed by atoms with E-state index in [0.29, 0.717) is 38.5 Å². The van der Waals surface area contributed by atoms with Crippen molar-refractivity contribution in [3.05, 3.63) is 83.7 Å². The van der Waals surface area contributed by atoms with E-state index in [1.54, 1.807) is 60.3 Å². The Morgan fingerprint density at radius 1 is 0.773 bits per heavy atom. The molecule has 21 atom stereocenters. The van der Waals surface area contributed by atoms with E-state index in [1.165, 1.54) is 18.5 Å². The fourth-order valence-corrected chi connectivity index (χ4v) is 14.2. The van der Waals surface area contributed by atoms with Crippen molar-refractivity contribution in [2.24, 2.45) is 16.7 Å². The van der Waals surface area contributed by atoms with Crippen LogP contribution in [0, 0.1) is 16.7 Å². The van der Waals surface area contributed by atoms with E-state index < -0.39 is 125 Å². The van der Waals surface area contributed by atoms with Crippen molar-refractivity contribution in [2.75, 3.05) is 21.3 Å². The van der Waals surface area contributed by atoms with Crippen LogP contribution in [0.5, 0.6) is 0 Å². The first-order valence-corrected chi connectivity index (χ1v) is 26.8. The monoisotopic (exact) mass is 1050 g/mol. The summed E-state index contributed by atoms with van der Waals surface area (Å²) in [4.78, 5) is 31.4. The lowest BCUT2D eigenvalue weighted by molar-refractivity contribution is -0.339. The molecule has 0 bridgehead atoms. The zero-order valence-electron chi connectivity index (χ0n) is 44.8. The average molecular weight is 1050 g/mol. The maximum Gasteiger partial charge on any atom is 0.340 e. The topological polar surface area (TPSA) is 229 Å². The lowest BCUT2D eigenvalue weighted by atomic mass is 9.42. The van der Waals surface area contributed by atoms with E-state index in [-0.39, 0.29) is 43.5 Å². The van der Waals surface area contributed by atoms with Crippen molar-refractivity contribution < 1.29 is 82.1 Å². The van der Waals surface area contributed by atoms with Gasteiger partial charge in [-0.25, -0.2) is 9.59 Å². The van der Waals surface area contributed by atoms with E-state index in [1.807, 2.05) is 50.3 Å². The number of carbonyl (C=O) groups is 2. The number of esters is 2. The number of methoxy groups -OCH3 is 3. The van der Waals surface area contributed by atoms with Crippen LogP contribution in [0.1, 0.15) is 122 Å². The third kappa shape index (κ3) is 10.2. The molecule has 4 aliphatic carbocycles. The molecule has 7 aliphatic rings. The highest BCUT2D eigenvalue weighted by molar-refractivity contribution is 5.89. The second kappa shape index (κ2) is 22.2. The van der Waals surface area contributed by atoms with Crippen molar-refractivity contribution in [1.82, 2.24) is 4.98 Å². The molecule has 3 saturated carbocycles. The molecule has 1 aromatic carbocycles. The van der Waals surface area contributed by atoms with Crippen LogP contribution in [-0.4, -0.2) is 168 Å². The van der Waals surface area contributed by atoms with Crippen LogP contribution < -0.4 is 0 Å². The number of ether oxygens (including phenoxy) is 11. The maximum atomic E-state index is 13.9. The molecule has 0 amide bonds. The van der Waals surface area contributed by atoms with Crippen LogP contribution in [0.4, 0.5) is 0 Å². The molecular weight excluding hydrogens is 971 g/mol. The highest BCUT2D eigenvalue weighted by Gasteiger charge is 2.81. The van der Waals surface area contributed by atoms with Crippen molar-refractivity contribution in [3.63, 3.8) is 0 Å². The highest BCUT2D eigenvalue weighted by atomic mass is 16.7. The van der Waals surface area contributed by atoms with E-state index >= 15 is 0 Å². The second-order valence-corrected chi connectivity index (χ2v) is 22.5. The lowest BCUT2D eigenvalue weighted by Gasteiger charge is -2.67. The third-order valence-corrected chi connectivity index (χ3v) is 18.7. The molecule has 18 heteroatoms. The number of nitrogens with zero attached hydrogens (tertiary/aromatic N) is 1. The number of benzene rings is 1. The van der Waals surface area contributed by atoms with Crippen LogP contribution in [-0.2, 0) is 56.9 Å². The van der Waals surface area contributed by atoms with Gasteiger partial charge in [0.1, 0.15) is 47.3 Å². The third-order valence-electron chi connectivity index (χ3n) is 18.7. The Bertz CT molecular complexity index is 2360. The molecule has 1 aromatic heterocycles. The summed E-state index contributed by atoms with van der Waals surface area (Å²) in [5.41, 5.74) is -6.05. The van der Waals surface area contributed by atoms with Gasteiger partial charge < -0.3 is 72.5 Å². The van der Waals surface area contributed by atoms with Gasteiger partial charge in [0.2, 0.25) is 0 Å². The van der Waals surface area contributed by atoms with Gasteiger partial charge in [0.05, 0.1) is 53.7 Å². The quantitative estimate of drug-likeness (QED) is 0.0945. The van der Waals surface area contributed by atoms with Crippen LogP contribution in [0.15, 0.2) is 72.6 Å². The van der Waals surface area contributed by atoms with Crippen molar-refractivity contribution in [1.29, 1.82) is 0 Å². The number of aromatic nitrogens is 1. The Hall–Kier alpha value is -3.73. The normalized spacial score (nSPS) is 44.2. The minimum atomic E-state index is -2.00. The maximum absolute atomic E-state index is 13.9. The smallest absolute Gasteiger partial charge is 0.340 e. The number of aliphatic hydroxyl groups excluding tert-OH is 1. The minimum absolute atomic E-state index is 0.0452. The van der Waals surface area contributed by atoms with Gasteiger partial charge in [-0.1, -0.05) is 55.8 Å². The number of rotatable bonds is 15. The number of hydrogen-bond donors (Lipinski definition) is 4. The first kappa shape index (κ1) is 56.0. The molecule has 0 spiro atoms. The molecule has 4 N–H and O–H groups in total. The molecule has 0 radical (unpaired) electrons. The van der Waals surface area contributed by atoms with Gasteiger partial charge in [-0.05, 0) is 102 Å². The molecule has 414 valence electrons. The van der Waals surface area contributed by atoms with E-state index in [0.717, 1.165) is 11.1 Å². The van der Waals surface area contributed by atoms with Gasteiger partial charge in [-0.15, -0.1) is 0 Å². The van der Waals surface area contributed by atoms with Gasteiger partial charge in [0.25, 0.3) is 0 Å².